The van der Waals surface area contributed by atoms with Crippen molar-refractivity contribution >= 4 is 0 Å². The summed E-state index contributed by atoms with van der Waals surface area (Å²) in [6.07, 6.45) is 0. The minimum Gasteiger partial charge on any atom is -0.493 e. The zero-order valence-corrected chi connectivity index (χ0v) is 4.12. The molecule has 0 saturated carbocycles. The molecule has 0 N–H and O–H groups in total. The highest BCUT2D eigenvalue weighted by molar-refractivity contribution is 4.81. The Morgan fingerprint density at radius 3 is 2.33 bits per heavy atom. The molecule has 34 valence electrons. The molecule has 1 nitrogen and oxygen atoms in total. The largest absolute Gasteiger partial charge is 0.493 e. The van der Waals surface area contributed by atoms with Gasteiger partial charge in [-0.15, -0.1) is 0 Å². The predicted octanol–water partition coefficient (Wildman–Crippen LogP) is 1.32. The quantitative estimate of drug-likeness (QED) is 0.344. The van der Waals surface area contributed by atoms with Crippen molar-refractivity contribution in [3.63, 3.8) is 0 Å². The summed E-state index contributed by atoms with van der Waals surface area (Å²) in [5.41, 5.74) is 2.56. The summed E-state index contributed by atoms with van der Waals surface area (Å²) >= 11 is 0. The van der Waals surface area contributed by atoms with E-state index in [0.717, 1.165) is 5.76 Å². The second-order valence-electron chi connectivity index (χ2n) is 0.937. The van der Waals surface area contributed by atoms with Gasteiger partial charge < -0.3 is 4.74 Å². The third-order valence-corrected chi connectivity index (χ3v) is 0.555. The first-order valence-electron chi connectivity index (χ1n) is 1.72. The number of allylic oxidation sites excluding steroid dienone is 1. The minimum absolute atomic E-state index is 0.731. The van der Waals surface area contributed by atoms with E-state index in [4.69, 9.17) is 0 Å². The predicted molar refractivity (Wildman–Crippen MR) is 25.3 cm³/mol. The van der Waals surface area contributed by atoms with Crippen molar-refractivity contribution in [3.8, 4) is 0 Å². The third-order valence-electron chi connectivity index (χ3n) is 0.555. The highest BCUT2D eigenvalue weighted by Gasteiger charge is 1.70. The maximum atomic E-state index is 4.64. The summed E-state index contributed by atoms with van der Waals surface area (Å²) in [5.74, 6) is 0.731. The summed E-state index contributed by atoms with van der Waals surface area (Å²) in [5, 5.41) is 0. The number of hydrogen-bond acceptors (Lipinski definition) is 1. The van der Waals surface area contributed by atoms with Crippen LogP contribution in [0.2, 0.25) is 0 Å². The van der Waals surface area contributed by atoms with Crippen LogP contribution in [-0.4, -0.2) is 7.11 Å². The molecule has 0 unspecified atom stereocenters. The first kappa shape index (κ1) is 5.32. The fourth-order valence-electron chi connectivity index (χ4n) is 0.0722. The zero-order valence-electron chi connectivity index (χ0n) is 4.12. The molecule has 0 aromatic carbocycles. The lowest BCUT2D eigenvalue weighted by molar-refractivity contribution is 0.295. The van der Waals surface area contributed by atoms with E-state index in [1.54, 1.807) is 14.0 Å². The lowest BCUT2D eigenvalue weighted by Gasteiger charge is -1.88. The van der Waals surface area contributed by atoms with Crippen molar-refractivity contribution in [3.05, 3.63) is 18.1 Å². The van der Waals surface area contributed by atoms with Gasteiger partial charge in [-0.3, -0.25) is 0 Å². The topological polar surface area (TPSA) is 9.23 Å². The zero-order chi connectivity index (χ0) is 4.99. The normalized spacial score (nSPS) is 6.33. The molecular weight excluding hydrogens is 76.1 g/mol. The molecule has 0 aromatic rings. The Bertz CT molecular complexity index is 77.9. The number of ether oxygens (including phenoxy) is 1. The van der Waals surface area contributed by atoms with Gasteiger partial charge in [0.15, 0.2) is 0 Å². The average molecular weight is 84.1 g/mol. The highest BCUT2D eigenvalue weighted by atomic mass is 16.5. The van der Waals surface area contributed by atoms with Crippen LogP contribution in [0.4, 0.5) is 0 Å². The molecule has 0 bridgehead atoms. The molecule has 0 aliphatic heterocycles. The van der Waals surface area contributed by atoms with Crippen LogP contribution >= 0.6 is 0 Å². The van der Waals surface area contributed by atoms with Gasteiger partial charge >= 0.3 is 0 Å². The van der Waals surface area contributed by atoms with Gasteiger partial charge in [0.25, 0.3) is 0 Å². The van der Waals surface area contributed by atoms with Gasteiger partial charge in [0.1, 0.15) is 5.76 Å². The first-order chi connectivity index (χ1) is 2.81. The van der Waals surface area contributed by atoms with Gasteiger partial charge in [-0.05, 0) is 0 Å². The maximum absolute atomic E-state index is 4.64. The summed E-state index contributed by atoms with van der Waals surface area (Å²) < 4.78 is 4.64. The lowest BCUT2D eigenvalue weighted by atomic mass is 10.6. The van der Waals surface area contributed by atoms with E-state index in [1.807, 2.05) is 0 Å². The number of methoxy groups -OCH3 is 1. The molecule has 0 spiro atoms. The fraction of sp³-hybridized carbons (Fsp3) is 0.400. The van der Waals surface area contributed by atoms with Crippen LogP contribution in [0.15, 0.2) is 18.1 Å². The van der Waals surface area contributed by atoms with Gasteiger partial charge in [0, 0.05) is 6.92 Å². The summed E-state index contributed by atoms with van der Waals surface area (Å²) in [7, 11) is 1.59. The molecule has 0 saturated heterocycles. The minimum atomic E-state index is 0.731. The van der Waals surface area contributed by atoms with Gasteiger partial charge in [-0.2, -0.15) is 0 Å². The lowest BCUT2D eigenvalue weighted by Crippen LogP contribution is -1.71. The average Bonchev–Trinajstić information content (AvgIpc) is 1.65. The van der Waals surface area contributed by atoms with Crippen LogP contribution in [0.5, 0.6) is 0 Å². The Hall–Kier alpha value is -0.680. The van der Waals surface area contributed by atoms with E-state index < -0.39 is 0 Å². The maximum Gasteiger partial charge on any atom is 0.134 e. The van der Waals surface area contributed by atoms with E-state index in [1.165, 1.54) is 0 Å². The van der Waals surface area contributed by atoms with E-state index in [-0.39, 0.29) is 0 Å². The molecule has 0 aromatic heterocycles. The SMILES string of the molecule is C=C=C(C)OC. The van der Waals surface area contributed by atoms with Crippen molar-refractivity contribution < 1.29 is 4.74 Å². The van der Waals surface area contributed by atoms with Gasteiger partial charge in [0.2, 0.25) is 0 Å². The standard InChI is InChI=1S/C5H8O/c1-4-5(2)6-3/h1H2,2-3H3. The number of hydrogen-bond donors (Lipinski definition) is 0. The van der Waals surface area contributed by atoms with Crippen molar-refractivity contribution in [2.75, 3.05) is 7.11 Å². The highest BCUT2D eigenvalue weighted by Crippen LogP contribution is 1.83. The second-order valence-corrected chi connectivity index (χ2v) is 0.937. The third kappa shape index (κ3) is 1.62. The molecule has 0 radical (unpaired) electrons. The molecule has 0 rings (SSSR count). The number of rotatable bonds is 1. The van der Waals surface area contributed by atoms with E-state index in [0.29, 0.717) is 0 Å². The van der Waals surface area contributed by atoms with Crippen molar-refractivity contribution in [2.24, 2.45) is 0 Å². The fourth-order valence-corrected chi connectivity index (χ4v) is 0.0722. The van der Waals surface area contributed by atoms with Crippen molar-refractivity contribution in [2.45, 2.75) is 6.92 Å². The molecule has 0 aliphatic rings. The van der Waals surface area contributed by atoms with E-state index in [2.05, 4.69) is 17.0 Å². The molecule has 0 atom stereocenters. The van der Waals surface area contributed by atoms with Crippen molar-refractivity contribution in [1.82, 2.24) is 0 Å². The molecule has 1 heteroatoms. The Labute approximate surface area is 37.9 Å². The Morgan fingerprint density at radius 1 is 1.83 bits per heavy atom. The smallest absolute Gasteiger partial charge is 0.134 e. The molecule has 0 fully saturated rings. The molecule has 0 amide bonds. The molecule has 0 aliphatic carbocycles. The van der Waals surface area contributed by atoms with Crippen LogP contribution in [-0.2, 0) is 4.74 Å². The summed E-state index contributed by atoms with van der Waals surface area (Å²) in [4.78, 5) is 0. The van der Waals surface area contributed by atoms with Crippen LogP contribution < -0.4 is 0 Å². The summed E-state index contributed by atoms with van der Waals surface area (Å²) in [6.45, 7) is 5.14. The van der Waals surface area contributed by atoms with E-state index >= 15 is 0 Å². The Balaban J connectivity index is 3.52. The second kappa shape index (κ2) is 2.55. The Morgan fingerprint density at radius 2 is 2.33 bits per heavy atom. The van der Waals surface area contributed by atoms with Crippen molar-refractivity contribution in [1.29, 1.82) is 0 Å². The van der Waals surface area contributed by atoms with Crippen LogP contribution in [0, 0.1) is 0 Å². The summed E-state index contributed by atoms with van der Waals surface area (Å²) in [6, 6.07) is 0. The first-order valence-corrected chi connectivity index (χ1v) is 1.72. The van der Waals surface area contributed by atoms with Gasteiger partial charge in [-0.1, -0.05) is 12.3 Å². The molecule has 6 heavy (non-hydrogen) atoms. The monoisotopic (exact) mass is 84.1 g/mol. The van der Waals surface area contributed by atoms with Crippen LogP contribution in [0.25, 0.3) is 0 Å². The molecular formula is C5H8O. The van der Waals surface area contributed by atoms with Gasteiger partial charge in [0.05, 0.1) is 7.11 Å². The molecule has 0 heterocycles. The van der Waals surface area contributed by atoms with Gasteiger partial charge in [-0.25, -0.2) is 0 Å². The van der Waals surface area contributed by atoms with E-state index in [9.17, 15) is 0 Å². The van der Waals surface area contributed by atoms with Crippen LogP contribution in [0.1, 0.15) is 6.92 Å². The van der Waals surface area contributed by atoms with Crippen LogP contribution in [0.3, 0.4) is 0 Å². The Kier molecular flexibility index (Phi) is 2.26.